The van der Waals surface area contributed by atoms with Gasteiger partial charge in [0.1, 0.15) is 0 Å². The fourth-order valence-corrected chi connectivity index (χ4v) is 1.67. The molecule has 96 valence electrons. The monoisotopic (exact) mass is 239 g/mol. The van der Waals surface area contributed by atoms with E-state index in [9.17, 15) is 4.39 Å². The number of aryl methyl sites for hydroxylation is 1. The van der Waals surface area contributed by atoms with Gasteiger partial charge in [0.25, 0.3) is 0 Å². The molecule has 0 spiro atoms. The van der Waals surface area contributed by atoms with Crippen LogP contribution in [0.25, 0.3) is 0 Å². The van der Waals surface area contributed by atoms with Crippen molar-refractivity contribution < 1.29 is 9.13 Å². The van der Waals surface area contributed by atoms with Gasteiger partial charge in [0.05, 0.1) is 7.11 Å². The molecule has 0 aliphatic heterocycles. The van der Waals surface area contributed by atoms with Gasteiger partial charge in [0.15, 0.2) is 11.6 Å². The molecular formula is C14H22FNO. The molecule has 2 nitrogen and oxygen atoms in total. The molecule has 0 amide bonds. The third kappa shape index (κ3) is 5.18. The van der Waals surface area contributed by atoms with Crippen LogP contribution in [-0.2, 0) is 6.42 Å². The van der Waals surface area contributed by atoms with Crippen LogP contribution >= 0.6 is 0 Å². The Kier molecular flexibility index (Phi) is 5.98. The summed E-state index contributed by atoms with van der Waals surface area (Å²) in [6.45, 7) is 6.39. The van der Waals surface area contributed by atoms with Crippen LogP contribution in [0.5, 0.6) is 5.75 Å². The van der Waals surface area contributed by atoms with Crippen molar-refractivity contribution in [3.8, 4) is 5.75 Å². The lowest BCUT2D eigenvalue weighted by atomic mass is 10.1. The van der Waals surface area contributed by atoms with E-state index in [0.717, 1.165) is 31.5 Å². The van der Waals surface area contributed by atoms with Crippen LogP contribution in [0, 0.1) is 11.7 Å². The number of hydrogen-bond donors (Lipinski definition) is 1. The zero-order valence-corrected chi connectivity index (χ0v) is 10.9. The molecule has 0 saturated carbocycles. The molecule has 0 radical (unpaired) electrons. The van der Waals surface area contributed by atoms with Crippen molar-refractivity contribution in [1.29, 1.82) is 0 Å². The fourth-order valence-electron chi connectivity index (χ4n) is 1.67. The van der Waals surface area contributed by atoms with Crippen LogP contribution in [0.15, 0.2) is 18.2 Å². The normalized spacial score (nSPS) is 10.9. The SMILES string of the molecule is COc1ccc(CCCNCC(C)C)cc1F. The molecule has 0 fully saturated rings. The highest BCUT2D eigenvalue weighted by Crippen LogP contribution is 2.18. The van der Waals surface area contributed by atoms with Gasteiger partial charge in [-0.2, -0.15) is 0 Å². The molecule has 17 heavy (non-hydrogen) atoms. The van der Waals surface area contributed by atoms with Gasteiger partial charge in [0, 0.05) is 0 Å². The lowest BCUT2D eigenvalue weighted by Gasteiger charge is -2.08. The van der Waals surface area contributed by atoms with E-state index in [1.54, 1.807) is 12.1 Å². The van der Waals surface area contributed by atoms with Gasteiger partial charge in [0.2, 0.25) is 0 Å². The van der Waals surface area contributed by atoms with E-state index >= 15 is 0 Å². The molecule has 3 heteroatoms. The maximum absolute atomic E-state index is 13.4. The predicted molar refractivity (Wildman–Crippen MR) is 69.0 cm³/mol. The lowest BCUT2D eigenvalue weighted by molar-refractivity contribution is 0.386. The first-order chi connectivity index (χ1) is 8.13. The molecule has 0 unspecified atom stereocenters. The Morgan fingerprint density at radius 3 is 2.71 bits per heavy atom. The number of rotatable bonds is 7. The molecule has 0 bridgehead atoms. The third-order valence-electron chi connectivity index (χ3n) is 2.59. The number of ether oxygens (including phenoxy) is 1. The van der Waals surface area contributed by atoms with Crippen LogP contribution in [0.4, 0.5) is 4.39 Å². The third-order valence-corrected chi connectivity index (χ3v) is 2.59. The second-order valence-electron chi connectivity index (χ2n) is 4.67. The quantitative estimate of drug-likeness (QED) is 0.738. The minimum Gasteiger partial charge on any atom is -0.494 e. The van der Waals surface area contributed by atoms with Gasteiger partial charge in [-0.05, 0) is 49.5 Å². The zero-order chi connectivity index (χ0) is 12.7. The van der Waals surface area contributed by atoms with Crippen molar-refractivity contribution in [2.24, 2.45) is 5.92 Å². The first kappa shape index (κ1) is 14.0. The summed E-state index contributed by atoms with van der Waals surface area (Å²) in [6.07, 6.45) is 1.92. The van der Waals surface area contributed by atoms with Gasteiger partial charge in [-0.25, -0.2) is 4.39 Å². The van der Waals surface area contributed by atoms with Crippen LogP contribution in [0.3, 0.4) is 0 Å². The molecule has 0 aromatic heterocycles. The van der Waals surface area contributed by atoms with Crippen molar-refractivity contribution in [3.63, 3.8) is 0 Å². The van der Waals surface area contributed by atoms with E-state index in [2.05, 4.69) is 19.2 Å². The minimum atomic E-state index is -0.278. The summed E-state index contributed by atoms with van der Waals surface area (Å²) in [4.78, 5) is 0. The van der Waals surface area contributed by atoms with E-state index in [0.29, 0.717) is 11.7 Å². The van der Waals surface area contributed by atoms with Crippen molar-refractivity contribution in [1.82, 2.24) is 5.32 Å². The molecule has 1 aromatic rings. The van der Waals surface area contributed by atoms with Gasteiger partial charge in [-0.3, -0.25) is 0 Å². The second-order valence-corrected chi connectivity index (χ2v) is 4.67. The molecule has 0 aliphatic carbocycles. The number of methoxy groups -OCH3 is 1. The average Bonchev–Trinajstić information content (AvgIpc) is 2.28. The number of halogens is 1. The number of hydrogen-bond acceptors (Lipinski definition) is 2. The Morgan fingerprint density at radius 1 is 1.35 bits per heavy atom. The van der Waals surface area contributed by atoms with E-state index in [1.165, 1.54) is 7.11 Å². The van der Waals surface area contributed by atoms with Crippen LogP contribution in [0.2, 0.25) is 0 Å². The molecule has 0 atom stereocenters. The van der Waals surface area contributed by atoms with Crippen LogP contribution in [-0.4, -0.2) is 20.2 Å². The predicted octanol–water partition coefficient (Wildman–Crippen LogP) is 3.01. The maximum Gasteiger partial charge on any atom is 0.165 e. The van der Waals surface area contributed by atoms with Crippen molar-refractivity contribution >= 4 is 0 Å². The largest absolute Gasteiger partial charge is 0.494 e. The summed E-state index contributed by atoms with van der Waals surface area (Å²) in [5, 5.41) is 3.37. The minimum absolute atomic E-state index is 0.278. The van der Waals surface area contributed by atoms with E-state index < -0.39 is 0 Å². The van der Waals surface area contributed by atoms with Crippen molar-refractivity contribution in [2.75, 3.05) is 20.2 Å². The molecule has 0 heterocycles. The molecular weight excluding hydrogens is 217 g/mol. The number of benzene rings is 1. The van der Waals surface area contributed by atoms with Gasteiger partial charge >= 0.3 is 0 Å². The first-order valence-electron chi connectivity index (χ1n) is 6.16. The van der Waals surface area contributed by atoms with Crippen LogP contribution < -0.4 is 10.1 Å². The van der Waals surface area contributed by atoms with Gasteiger partial charge < -0.3 is 10.1 Å². The lowest BCUT2D eigenvalue weighted by Crippen LogP contribution is -2.21. The summed E-state index contributed by atoms with van der Waals surface area (Å²) >= 11 is 0. The van der Waals surface area contributed by atoms with Crippen LogP contribution in [0.1, 0.15) is 25.8 Å². The summed E-state index contributed by atoms with van der Waals surface area (Å²) in [5.74, 6) is 0.709. The molecule has 1 aromatic carbocycles. The average molecular weight is 239 g/mol. The van der Waals surface area contributed by atoms with E-state index in [1.807, 2.05) is 6.07 Å². The van der Waals surface area contributed by atoms with E-state index in [4.69, 9.17) is 4.74 Å². The standard InChI is InChI=1S/C14H22FNO/c1-11(2)10-16-8-4-5-12-6-7-14(17-3)13(15)9-12/h6-7,9,11,16H,4-5,8,10H2,1-3H3. The van der Waals surface area contributed by atoms with E-state index in [-0.39, 0.29) is 5.82 Å². The number of nitrogens with one attached hydrogen (secondary N) is 1. The molecule has 0 saturated heterocycles. The Balaban J connectivity index is 2.30. The Hall–Kier alpha value is -1.09. The summed E-state index contributed by atoms with van der Waals surface area (Å²) in [6, 6.07) is 5.16. The zero-order valence-electron chi connectivity index (χ0n) is 10.9. The first-order valence-corrected chi connectivity index (χ1v) is 6.16. The summed E-state index contributed by atoms with van der Waals surface area (Å²) < 4.78 is 18.3. The highest BCUT2D eigenvalue weighted by atomic mass is 19.1. The maximum atomic E-state index is 13.4. The van der Waals surface area contributed by atoms with Gasteiger partial charge in [-0.15, -0.1) is 0 Å². The Morgan fingerprint density at radius 2 is 2.12 bits per heavy atom. The smallest absolute Gasteiger partial charge is 0.165 e. The van der Waals surface area contributed by atoms with Crippen molar-refractivity contribution in [3.05, 3.63) is 29.6 Å². The Bertz CT molecular complexity index is 339. The topological polar surface area (TPSA) is 21.3 Å². The Labute approximate surface area is 103 Å². The van der Waals surface area contributed by atoms with Crippen molar-refractivity contribution in [2.45, 2.75) is 26.7 Å². The van der Waals surface area contributed by atoms with Gasteiger partial charge in [-0.1, -0.05) is 19.9 Å². The molecule has 1 rings (SSSR count). The molecule has 0 aliphatic rings. The molecule has 1 N–H and O–H groups in total. The fraction of sp³-hybridized carbons (Fsp3) is 0.571. The highest BCUT2D eigenvalue weighted by molar-refractivity contribution is 5.29. The highest BCUT2D eigenvalue weighted by Gasteiger charge is 2.03. The summed E-state index contributed by atoms with van der Waals surface area (Å²) in [5.41, 5.74) is 1.02. The second kappa shape index (κ2) is 7.28. The summed E-state index contributed by atoms with van der Waals surface area (Å²) in [7, 11) is 1.48.